The van der Waals surface area contributed by atoms with Crippen LogP contribution in [0.4, 0.5) is 4.79 Å². The maximum absolute atomic E-state index is 11.3. The molecular weight excluding hydrogens is 190 g/mol. The zero-order chi connectivity index (χ0) is 11.1. The average Bonchev–Trinajstić information content (AvgIpc) is 2.47. The lowest BCUT2D eigenvalue weighted by Gasteiger charge is -2.46. The highest BCUT2D eigenvalue weighted by molar-refractivity contribution is 5.70. The molecule has 1 saturated carbocycles. The van der Waals surface area contributed by atoms with Crippen molar-refractivity contribution < 1.29 is 9.53 Å². The molecule has 1 aliphatic heterocycles. The predicted octanol–water partition coefficient (Wildman–Crippen LogP) is 2.70. The summed E-state index contributed by atoms with van der Waals surface area (Å²) in [6.07, 6.45) is 4.52. The Morgan fingerprint density at radius 1 is 1.40 bits per heavy atom. The molecule has 86 valence electrons. The van der Waals surface area contributed by atoms with Crippen molar-refractivity contribution in [3.63, 3.8) is 0 Å². The highest BCUT2D eigenvalue weighted by atomic mass is 16.6. The van der Waals surface area contributed by atoms with Crippen LogP contribution < -0.4 is 5.32 Å². The van der Waals surface area contributed by atoms with Gasteiger partial charge in [-0.3, -0.25) is 0 Å². The van der Waals surface area contributed by atoms with E-state index >= 15 is 0 Å². The summed E-state index contributed by atoms with van der Waals surface area (Å²) >= 11 is 0. The number of hydrogen-bond donors (Lipinski definition) is 1. The van der Waals surface area contributed by atoms with Gasteiger partial charge in [-0.25, -0.2) is 4.79 Å². The van der Waals surface area contributed by atoms with Crippen molar-refractivity contribution >= 4 is 6.09 Å². The quantitative estimate of drug-likeness (QED) is 0.669. The number of ether oxygens (including phenoxy) is 1. The van der Waals surface area contributed by atoms with Crippen molar-refractivity contribution in [2.24, 2.45) is 11.3 Å². The molecule has 3 heteroatoms. The predicted molar refractivity (Wildman–Crippen MR) is 58.6 cm³/mol. The maximum atomic E-state index is 11.3. The Kier molecular flexibility index (Phi) is 2.44. The van der Waals surface area contributed by atoms with Crippen LogP contribution in [0.1, 0.15) is 46.5 Å². The zero-order valence-electron chi connectivity index (χ0n) is 9.93. The van der Waals surface area contributed by atoms with E-state index in [1.807, 2.05) is 0 Å². The molecule has 2 fully saturated rings. The van der Waals surface area contributed by atoms with E-state index in [0.29, 0.717) is 12.5 Å². The minimum absolute atomic E-state index is 0.0758. The number of alkyl carbamates (subject to hydrolysis) is 1. The van der Waals surface area contributed by atoms with E-state index in [1.54, 1.807) is 0 Å². The smallest absolute Gasteiger partial charge is 0.407 e. The van der Waals surface area contributed by atoms with Crippen LogP contribution in [0.5, 0.6) is 0 Å². The van der Waals surface area contributed by atoms with Crippen LogP contribution in [0.25, 0.3) is 0 Å². The first-order chi connectivity index (χ1) is 6.94. The minimum atomic E-state index is -0.230. The van der Waals surface area contributed by atoms with Gasteiger partial charge in [0.15, 0.2) is 0 Å². The molecule has 15 heavy (non-hydrogen) atoms. The molecule has 1 heterocycles. The monoisotopic (exact) mass is 211 g/mol. The van der Waals surface area contributed by atoms with Gasteiger partial charge in [0.05, 0.1) is 5.54 Å². The average molecular weight is 211 g/mol. The van der Waals surface area contributed by atoms with Gasteiger partial charge in [0, 0.05) is 0 Å². The summed E-state index contributed by atoms with van der Waals surface area (Å²) in [6.45, 7) is 7.34. The van der Waals surface area contributed by atoms with Gasteiger partial charge < -0.3 is 10.1 Å². The summed E-state index contributed by atoms with van der Waals surface area (Å²) in [4.78, 5) is 11.3. The summed E-state index contributed by atoms with van der Waals surface area (Å²) in [5, 5.41) is 3.06. The number of amides is 1. The molecule has 2 unspecified atom stereocenters. The molecular formula is C12H21NO2. The second kappa shape index (κ2) is 3.39. The molecule has 0 aromatic rings. The first kappa shape index (κ1) is 10.8. The summed E-state index contributed by atoms with van der Waals surface area (Å²) in [5.41, 5.74) is 0.162. The van der Waals surface area contributed by atoms with Gasteiger partial charge in [-0.2, -0.15) is 0 Å². The molecule has 0 aromatic heterocycles. The molecule has 0 radical (unpaired) electrons. The van der Waals surface area contributed by atoms with Crippen LogP contribution in [0.15, 0.2) is 0 Å². The number of nitrogens with one attached hydrogen (secondary N) is 1. The Balaban J connectivity index is 2.23. The SMILES string of the molecule is CC(C)(C)C1CCCCC12COC(=O)N2. The Morgan fingerprint density at radius 2 is 2.13 bits per heavy atom. The number of carbonyl (C=O) groups is 1. The normalized spacial score (nSPS) is 36.5. The van der Waals surface area contributed by atoms with Crippen LogP contribution in [0.3, 0.4) is 0 Å². The van der Waals surface area contributed by atoms with Crippen LogP contribution in [-0.4, -0.2) is 18.2 Å². The highest BCUT2D eigenvalue weighted by Crippen LogP contribution is 2.45. The Morgan fingerprint density at radius 3 is 2.67 bits per heavy atom. The van der Waals surface area contributed by atoms with Crippen molar-refractivity contribution in [1.82, 2.24) is 5.32 Å². The van der Waals surface area contributed by atoms with Crippen molar-refractivity contribution in [1.29, 1.82) is 0 Å². The molecule has 1 aliphatic carbocycles. The van der Waals surface area contributed by atoms with Gasteiger partial charge in [-0.05, 0) is 24.2 Å². The topological polar surface area (TPSA) is 38.3 Å². The maximum Gasteiger partial charge on any atom is 0.407 e. The van der Waals surface area contributed by atoms with Crippen molar-refractivity contribution in [3.8, 4) is 0 Å². The lowest BCUT2D eigenvalue weighted by molar-refractivity contribution is 0.0542. The second-order valence-electron chi connectivity index (χ2n) is 6.02. The van der Waals surface area contributed by atoms with Gasteiger partial charge >= 0.3 is 6.09 Å². The minimum Gasteiger partial charge on any atom is -0.447 e. The number of cyclic esters (lactones) is 1. The number of hydrogen-bond acceptors (Lipinski definition) is 2. The first-order valence-electron chi connectivity index (χ1n) is 5.89. The summed E-state index contributed by atoms with van der Waals surface area (Å²) < 4.78 is 5.12. The summed E-state index contributed by atoms with van der Waals surface area (Å²) in [5.74, 6) is 0.533. The Bertz CT molecular complexity index is 269. The number of rotatable bonds is 0. The molecule has 2 rings (SSSR count). The van der Waals surface area contributed by atoms with Crippen molar-refractivity contribution in [2.75, 3.05) is 6.61 Å². The van der Waals surface area contributed by atoms with Gasteiger partial charge in [-0.1, -0.05) is 33.6 Å². The van der Waals surface area contributed by atoms with Crippen LogP contribution in [0, 0.1) is 11.3 Å². The highest BCUT2D eigenvalue weighted by Gasteiger charge is 2.51. The summed E-state index contributed by atoms with van der Waals surface area (Å²) in [7, 11) is 0. The third kappa shape index (κ3) is 1.84. The molecule has 2 atom stereocenters. The molecule has 1 spiro atoms. The van der Waals surface area contributed by atoms with E-state index in [1.165, 1.54) is 19.3 Å². The molecule has 3 nitrogen and oxygen atoms in total. The molecule has 0 aromatic carbocycles. The fourth-order valence-corrected chi connectivity index (χ4v) is 3.29. The third-order valence-corrected chi connectivity index (χ3v) is 3.89. The van der Waals surface area contributed by atoms with E-state index in [0.717, 1.165) is 6.42 Å². The molecule has 1 amide bonds. The fourth-order valence-electron chi connectivity index (χ4n) is 3.29. The number of carbonyl (C=O) groups excluding carboxylic acids is 1. The molecule has 2 aliphatic rings. The largest absolute Gasteiger partial charge is 0.447 e. The molecule has 1 saturated heterocycles. The molecule has 0 bridgehead atoms. The van der Waals surface area contributed by atoms with E-state index in [4.69, 9.17) is 4.74 Å². The van der Waals surface area contributed by atoms with Crippen molar-refractivity contribution in [3.05, 3.63) is 0 Å². The first-order valence-corrected chi connectivity index (χ1v) is 5.89. The fraction of sp³-hybridized carbons (Fsp3) is 0.917. The van der Waals surface area contributed by atoms with Gasteiger partial charge in [-0.15, -0.1) is 0 Å². The van der Waals surface area contributed by atoms with E-state index in [-0.39, 0.29) is 17.0 Å². The third-order valence-electron chi connectivity index (χ3n) is 3.89. The van der Waals surface area contributed by atoms with Gasteiger partial charge in [0.25, 0.3) is 0 Å². The Hall–Kier alpha value is -0.730. The Labute approximate surface area is 91.6 Å². The summed E-state index contributed by atoms with van der Waals surface area (Å²) in [6, 6.07) is 0. The van der Waals surface area contributed by atoms with E-state index in [9.17, 15) is 4.79 Å². The van der Waals surface area contributed by atoms with E-state index in [2.05, 4.69) is 26.1 Å². The van der Waals surface area contributed by atoms with Crippen LogP contribution in [0.2, 0.25) is 0 Å². The molecule has 1 N–H and O–H groups in total. The van der Waals surface area contributed by atoms with Crippen LogP contribution >= 0.6 is 0 Å². The van der Waals surface area contributed by atoms with Crippen LogP contribution in [-0.2, 0) is 4.74 Å². The zero-order valence-corrected chi connectivity index (χ0v) is 9.93. The van der Waals surface area contributed by atoms with Crippen molar-refractivity contribution in [2.45, 2.75) is 52.0 Å². The van der Waals surface area contributed by atoms with Gasteiger partial charge in [0.1, 0.15) is 6.61 Å². The second-order valence-corrected chi connectivity index (χ2v) is 6.02. The lowest BCUT2D eigenvalue weighted by atomic mass is 9.62. The van der Waals surface area contributed by atoms with E-state index < -0.39 is 0 Å². The standard InChI is InChI=1S/C12H21NO2/c1-11(2,3)9-6-4-5-7-12(9)8-15-10(14)13-12/h9H,4-8H2,1-3H3,(H,13,14). The lowest BCUT2D eigenvalue weighted by Crippen LogP contribution is -2.55. The van der Waals surface area contributed by atoms with Gasteiger partial charge in [0.2, 0.25) is 0 Å².